The number of hydrogen-bond donors (Lipinski definition) is 1. The molecule has 1 N–H and O–H groups in total. The van der Waals surface area contributed by atoms with Gasteiger partial charge in [-0.2, -0.15) is 0 Å². The van der Waals surface area contributed by atoms with Gasteiger partial charge in [0.25, 0.3) is 0 Å². The van der Waals surface area contributed by atoms with Crippen molar-refractivity contribution >= 4 is 5.71 Å². The fraction of sp³-hybridized carbons (Fsp3) is 0.963. The van der Waals surface area contributed by atoms with Gasteiger partial charge in [-0.15, -0.1) is 0 Å². The second kappa shape index (κ2) is 7.07. The highest BCUT2D eigenvalue weighted by atomic mass is 16.5. The van der Waals surface area contributed by atoms with Crippen molar-refractivity contribution in [2.75, 3.05) is 0 Å². The molecule has 0 radical (unpaired) electrons. The van der Waals surface area contributed by atoms with Crippen LogP contribution in [0.3, 0.4) is 0 Å². The van der Waals surface area contributed by atoms with E-state index in [-0.39, 0.29) is 0 Å². The molecule has 1 heterocycles. The first-order valence-electron chi connectivity index (χ1n) is 13.0. The zero-order valence-corrected chi connectivity index (χ0v) is 19.7. The predicted molar refractivity (Wildman–Crippen MR) is 120 cm³/mol. The van der Waals surface area contributed by atoms with Gasteiger partial charge in [0.2, 0.25) is 0 Å². The number of rotatable bonds is 3. The van der Waals surface area contributed by atoms with Crippen LogP contribution in [0.15, 0.2) is 0 Å². The van der Waals surface area contributed by atoms with Crippen molar-refractivity contribution in [1.29, 1.82) is 5.41 Å². The third-order valence-electron chi connectivity index (χ3n) is 11.1. The Kier molecular flexibility index (Phi) is 5.01. The average Bonchev–Trinajstić information content (AvgIpc) is 3.14. The maximum atomic E-state index is 8.25. The van der Waals surface area contributed by atoms with E-state index in [0.29, 0.717) is 23.0 Å². The highest BCUT2D eigenvalue weighted by Crippen LogP contribution is 2.69. The molecule has 2 heteroatoms. The van der Waals surface area contributed by atoms with Gasteiger partial charge >= 0.3 is 0 Å². The van der Waals surface area contributed by atoms with Crippen molar-refractivity contribution in [3.05, 3.63) is 0 Å². The molecule has 1 aliphatic heterocycles. The van der Waals surface area contributed by atoms with Crippen LogP contribution >= 0.6 is 0 Å². The molecule has 4 saturated carbocycles. The Hall–Kier alpha value is -0.370. The molecular weight excluding hydrogens is 354 g/mol. The van der Waals surface area contributed by atoms with Crippen LogP contribution in [-0.4, -0.2) is 17.9 Å². The zero-order chi connectivity index (χ0) is 20.6. The summed E-state index contributed by atoms with van der Waals surface area (Å²) in [6, 6.07) is 0. The van der Waals surface area contributed by atoms with E-state index in [0.717, 1.165) is 60.0 Å². The van der Waals surface area contributed by atoms with Crippen LogP contribution in [0.1, 0.15) is 98.8 Å². The van der Waals surface area contributed by atoms with Gasteiger partial charge in [-0.05, 0) is 116 Å². The van der Waals surface area contributed by atoms with Crippen molar-refractivity contribution in [3.8, 4) is 0 Å². The highest BCUT2D eigenvalue weighted by Gasteiger charge is 2.65. The first kappa shape index (κ1) is 20.5. The van der Waals surface area contributed by atoms with E-state index in [9.17, 15) is 0 Å². The largest absolute Gasteiger partial charge is 0.374 e. The van der Waals surface area contributed by atoms with Gasteiger partial charge < -0.3 is 10.1 Å². The average molecular weight is 400 g/mol. The Balaban J connectivity index is 1.35. The van der Waals surface area contributed by atoms with E-state index in [1.165, 1.54) is 51.4 Å². The Morgan fingerprint density at radius 1 is 1.07 bits per heavy atom. The van der Waals surface area contributed by atoms with Crippen LogP contribution < -0.4 is 0 Å². The van der Waals surface area contributed by atoms with Gasteiger partial charge in [-0.25, -0.2) is 0 Å². The molecule has 1 unspecified atom stereocenters. The minimum absolute atomic E-state index is 0.513. The molecular formula is C27H45NO. The fourth-order valence-electron chi connectivity index (χ4n) is 9.59. The van der Waals surface area contributed by atoms with Gasteiger partial charge in [-0.1, -0.05) is 34.6 Å². The molecule has 5 aliphatic rings. The van der Waals surface area contributed by atoms with Gasteiger partial charge in [0.05, 0.1) is 12.2 Å². The normalized spacial score (nSPS) is 54.1. The maximum absolute atomic E-state index is 8.25. The summed E-state index contributed by atoms with van der Waals surface area (Å²) >= 11 is 0. The van der Waals surface area contributed by atoms with E-state index in [4.69, 9.17) is 10.1 Å². The van der Waals surface area contributed by atoms with E-state index in [2.05, 4.69) is 34.6 Å². The fourth-order valence-corrected chi connectivity index (χ4v) is 9.59. The van der Waals surface area contributed by atoms with Gasteiger partial charge in [0.15, 0.2) is 0 Å². The van der Waals surface area contributed by atoms with Crippen LogP contribution in [-0.2, 0) is 4.74 Å². The SMILES string of the molecule is CC(C)CC[C@H]1O[C@H]2C[C@H]3[C@@H]4CCC5CC(=N)CC[C@]5(C)[C@H]4CC[C@]3(C)[C@H]2[C@@H]1C. The van der Waals surface area contributed by atoms with E-state index >= 15 is 0 Å². The van der Waals surface area contributed by atoms with Gasteiger partial charge in [-0.3, -0.25) is 0 Å². The van der Waals surface area contributed by atoms with Crippen molar-refractivity contribution in [1.82, 2.24) is 0 Å². The van der Waals surface area contributed by atoms with Crippen molar-refractivity contribution in [3.63, 3.8) is 0 Å². The van der Waals surface area contributed by atoms with Crippen LogP contribution in [0.2, 0.25) is 0 Å². The third-order valence-corrected chi connectivity index (χ3v) is 11.1. The van der Waals surface area contributed by atoms with E-state index in [1.54, 1.807) is 0 Å². The molecule has 0 aromatic rings. The quantitative estimate of drug-likeness (QED) is 0.538. The molecule has 2 nitrogen and oxygen atoms in total. The van der Waals surface area contributed by atoms with Crippen LogP contribution in [0.4, 0.5) is 0 Å². The smallest absolute Gasteiger partial charge is 0.0618 e. The summed E-state index contributed by atoms with van der Waals surface area (Å²) in [5, 5.41) is 8.25. The van der Waals surface area contributed by atoms with Crippen LogP contribution in [0, 0.1) is 57.7 Å². The molecule has 5 fully saturated rings. The van der Waals surface area contributed by atoms with Crippen molar-refractivity contribution < 1.29 is 4.74 Å². The highest BCUT2D eigenvalue weighted by molar-refractivity contribution is 5.82. The van der Waals surface area contributed by atoms with Crippen LogP contribution in [0.25, 0.3) is 0 Å². The molecule has 4 aliphatic carbocycles. The molecule has 10 atom stereocenters. The maximum Gasteiger partial charge on any atom is 0.0618 e. The summed E-state index contributed by atoms with van der Waals surface area (Å²) < 4.78 is 6.80. The Morgan fingerprint density at radius 3 is 2.62 bits per heavy atom. The lowest BCUT2D eigenvalue weighted by atomic mass is 9.44. The molecule has 0 spiro atoms. The Morgan fingerprint density at radius 2 is 1.86 bits per heavy atom. The Bertz CT molecular complexity index is 657. The minimum Gasteiger partial charge on any atom is -0.374 e. The number of ether oxygens (including phenoxy) is 1. The standard InChI is InChI=1S/C27H45NO/c1-16(2)6-9-23-17(3)25-24(29-23)15-22-20-8-7-18-14-19(28)10-12-26(18,4)21(20)11-13-27(22,25)5/h16-18,20-25,28H,6-15H2,1-5H3/t17-,18?,20-,21+,22+,23-,24+,25+,26+,27+/m1/s1. The second-order valence-corrected chi connectivity index (χ2v) is 12.8. The lowest BCUT2D eigenvalue weighted by Gasteiger charge is -2.60. The van der Waals surface area contributed by atoms with E-state index in [1.807, 2.05) is 0 Å². The van der Waals surface area contributed by atoms with Crippen molar-refractivity contribution in [2.45, 2.75) is 111 Å². The molecule has 0 amide bonds. The topological polar surface area (TPSA) is 33.1 Å². The van der Waals surface area contributed by atoms with Crippen LogP contribution in [0.5, 0.6) is 0 Å². The summed E-state index contributed by atoms with van der Waals surface area (Å²) in [6.07, 6.45) is 14.2. The third kappa shape index (κ3) is 3.01. The zero-order valence-electron chi connectivity index (χ0n) is 19.7. The lowest BCUT2D eigenvalue weighted by molar-refractivity contribution is -0.106. The minimum atomic E-state index is 0.513. The first-order valence-corrected chi connectivity index (χ1v) is 13.0. The summed E-state index contributed by atoms with van der Waals surface area (Å²) in [6.45, 7) is 12.5. The lowest BCUT2D eigenvalue weighted by Crippen LogP contribution is -2.54. The Labute approximate surface area is 179 Å². The molecule has 1 saturated heterocycles. The number of nitrogens with one attached hydrogen (secondary N) is 1. The monoisotopic (exact) mass is 399 g/mol. The molecule has 5 rings (SSSR count). The first-order chi connectivity index (χ1) is 13.7. The van der Waals surface area contributed by atoms with Gasteiger partial charge in [0.1, 0.15) is 0 Å². The number of fused-ring (bicyclic) bond motifs is 7. The predicted octanol–water partition coefficient (Wildman–Crippen LogP) is 7.11. The summed E-state index contributed by atoms with van der Waals surface area (Å²) in [5.74, 6) is 5.87. The molecule has 0 bridgehead atoms. The summed E-state index contributed by atoms with van der Waals surface area (Å²) in [7, 11) is 0. The molecule has 29 heavy (non-hydrogen) atoms. The second-order valence-electron chi connectivity index (χ2n) is 12.8. The molecule has 164 valence electrons. The molecule has 0 aromatic heterocycles. The van der Waals surface area contributed by atoms with Gasteiger partial charge in [0, 0.05) is 5.71 Å². The molecule has 0 aromatic carbocycles. The summed E-state index contributed by atoms with van der Waals surface area (Å²) in [4.78, 5) is 0. The van der Waals surface area contributed by atoms with E-state index < -0.39 is 0 Å². The summed E-state index contributed by atoms with van der Waals surface area (Å²) in [5.41, 5.74) is 2.07. The number of hydrogen-bond acceptors (Lipinski definition) is 2. The van der Waals surface area contributed by atoms with Crippen molar-refractivity contribution in [2.24, 2.45) is 52.3 Å².